The highest BCUT2D eigenvalue weighted by Crippen LogP contribution is 2.07. The fraction of sp³-hybridized carbons (Fsp3) is 0.400. The molecule has 0 spiro atoms. The van der Waals surface area contributed by atoms with E-state index in [0.29, 0.717) is 0 Å². The number of rotatable bonds is 3. The van der Waals surface area contributed by atoms with Gasteiger partial charge in [-0.05, 0) is 29.5 Å². The molecule has 0 radical (unpaired) electrons. The number of aryl methyl sites for hydroxylation is 1. The van der Waals surface area contributed by atoms with Crippen LogP contribution in [0.25, 0.3) is 0 Å². The lowest BCUT2D eigenvalue weighted by atomic mass is 10.1. The van der Waals surface area contributed by atoms with E-state index in [0.717, 1.165) is 12.8 Å². The van der Waals surface area contributed by atoms with Gasteiger partial charge in [0.1, 0.15) is 0 Å². The van der Waals surface area contributed by atoms with Crippen molar-refractivity contribution in [3.8, 4) is 0 Å². The van der Waals surface area contributed by atoms with Crippen LogP contribution in [0, 0.1) is 0 Å². The van der Waals surface area contributed by atoms with Gasteiger partial charge in [-0.25, -0.2) is 0 Å². The third-order valence-electron chi connectivity index (χ3n) is 3.34. The molecule has 0 aliphatic rings. The SMILES string of the molecule is C.C.CC.CC.CCC.CCc1ccccc1.c1ccc(Cc2ccccc2)cc1. The molecule has 0 saturated heterocycles. The van der Waals surface area contributed by atoms with Crippen molar-refractivity contribution in [2.75, 3.05) is 0 Å². The molecule has 0 aliphatic carbocycles. The molecule has 0 unspecified atom stereocenters. The number of hydrogen-bond acceptors (Lipinski definition) is 0. The summed E-state index contributed by atoms with van der Waals surface area (Å²) in [5.41, 5.74) is 4.15. The molecule has 0 aliphatic heterocycles. The molecule has 3 rings (SSSR count). The number of benzene rings is 3. The van der Waals surface area contributed by atoms with E-state index < -0.39 is 0 Å². The molecule has 0 bridgehead atoms. The van der Waals surface area contributed by atoms with E-state index in [-0.39, 0.29) is 14.9 Å². The Morgan fingerprint density at radius 2 is 0.667 bits per heavy atom. The first-order valence-electron chi connectivity index (χ1n) is 10.9. The Bertz CT molecular complexity index is 574. The van der Waals surface area contributed by atoms with E-state index in [1.807, 2.05) is 33.8 Å². The van der Waals surface area contributed by atoms with E-state index in [1.54, 1.807) is 0 Å². The monoisotopic (exact) mass is 410 g/mol. The van der Waals surface area contributed by atoms with Crippen LogP contribution in [-0.2, 0) is 12.8 Å². The average molecular weight is 411 g/mol. The van der Waals surface area contributed by atoms with Crippen molar-refractivity contribution in [3.05, 3.63) is 108 Å². The topological polar surface area (TPSA) is 0 Å². The van der Waals surface area contributed by atoms with Gasteiger partial charge in [0.15, 0.2) is 0 Å². The predicted molar refractivity (Wildman–Crippen MR) is 144 cm³/mol. The maximum Gasteiger partial charge on any atom is -0.00258 e. The summed E-state index contributed by atoms with van der Waals surface area (Å²) in [7, 11) is 0. The Morgan fingerprint density at radius 1 is 0.433 bits per heavy atom. The van der Waals surface area contributed by atoms with Crippen LogP contribution >= 0.6 is 0 Å². The molecule has 0 fully saturated rings. The normalized spacial score (nSPS) is 7.70. The average Bonchev–Trinajstić information content (AvgIpc) is 2.79. The van der Waals surface area contributed by atoms with Gasteiger partial charge in [0, 0.05) is 0 Å². The van der Waals surface area contributed by atoms with Crippen molar-refractivity contribution in [1.82, 2.24) is 0 Å². The molecule has 30 heavy (non-hydrogen) atoms. The maximum atomic E-state index is 2.16. The lowest BCUT2D eigenvalue weighted by Gasteiger charge is -2.00. The zero-order valence-electron chi connectivity index (χ0n) is 19.3. The minimum Gasteiger partial charge on any atom is -0.0776 e. The summed E-state index contributed by atoms with van der Waals surface area (Å²) in [6.07, 6.45) is 3.42. The van der Waals surface area contributed by atoms with Gasteiger partial charge in [-0.3, -0.25) is 0 Å². The Kier molecular flexibility index (Phi) is 33.8. The molecule has 0 saturated carbocycles. The zero-order valence-corrected chi connectivity index (χ0v) is 19.3. The molecule has 0 heterocycles. The zero-order chi connectivity index (χ0) is 21.5. The first-order valence-corrected chi connectivity index (χ1v) is 10.9. The summed E-state index contributed by atoms with van der Waals surface area (Å²) in [5.74, 6) is 0. The molecular weight excluding hydrogens is 360 g/mol. The lowest BCUT2D eigenvalue weighted by molar-refractivity contribution is 1.09. The maximum absolute atomic E-state index is 2.16. The summed E-state index contributed by atoms with van der Waals surface area (Å²) < 4.78 is 0. The summed E-state index contributed by atoms with van der Waals surface area (Å²) in [6.45, 7) is 14.4. The molecule has 0 nitrogen and oxygen atoms in total. The van der Waals surface area contributed by atoms with Crippen molar-refractivity contribution in [2.45, 2.75) is 82.6 Å². The molecule has 170 valence electrons. The van der Waals surface area contributed by atoms with Gasteiger partial charge in [-0.1, -0.05) is 161 Å². The van der Waals surface area contributed by atoms with Crippen molar-refractivity contribution >= 4 is 0 Å². The summed E-state index contributed by atoms with van der Waals surface area (Å²) >= 11 is 0. The Labute approximate surface area is 190 Å². The molecule has 3 aromatic rings. The fourth-order valence-electron chi connectivity index (χ4n) is 2.14. The van der Waals surface area contributed by atoms with Gasteiger partial charge >= 0.3 is 0 Å². The van der Waals surface area contributed by atoms with E-state index >= 15 is 0 Å². The predicted octanol–water partition coefficient (Wildman–Crippen LogP) is 10.3. The van der Waals surface area contributed by atoms with Gasteiger partial charge in [0.2, 0.25) is 0 Å². The second-order valence-electron chi connectivity index (χ2n) is 5.69. The highest BCUT2D eigenvalue weighted by Gasteiger charge is 1.92. The van der Waals surface area contributed by atoms with Crippen molar-refractivity contribution in [3.63, 3.8) is 0 Å². The minimum atomic E-state index is 0. The Hall–Kier alpha value is -2.34. The standard InChI is InChI=1S/C13H12.C8H10.C3H8.2C2H6.2CH4/c1-3-7-12(8-4-1)11-13-9-5-2-6-10-13;1-2-8-6-4-3-5-7-8;1-3-2;2*1-2;;/h1-10H,11H2;3-7H,2H2,1H3;3H2,1-2H3;2*1-2H3;2*1H4. The second kappa shape index (κ2) is 28.9. The minimum absolute atomic E-state index is 0. The first-order chi connectivity index (χ1) is 13.8. The van der Waals surface area contributed by atoms with Crippen LogP contribution in [0.1, 0.15) is 86.4 Å². The van der Waals surface area contributed by atoms with Crippen molar-refractivity contribution in [1.29, 1.82) is 0 Å². The smallest absolute Gasteiger partial charge is 0.00258 e. The first kappa shape index (κ1) is 35.1. The fourth-order valence-corrected chi connectivity index (χ4v) is 2.14. The number of hydrogen-bond donors (Lipinski definition) is 0. The molecule has 0 amide bonds. The van der Waals surface area contributed by atoms with Crippen LogP contribution in [0.4, 0.5) is 0 Å². The van der Waals surface area contributed by atoms with Gasteiger partial charge in [-0.2, -0.15) is 0 Å². The van der Waals surface area contributed by atoms with Gasteiger partial charge in [0.25, 0.3) is 0 Å². The van der Waals surface area contributed by atoms with E-state index in [9.17, 15) is 0 Å². The van der Waals surface area contributed by atoms with E-state index in [4.69, 9.17) is 0 Å². The largest absolute Gasteiger partial charge is 0.0776 e. The van der Waals surface area contributed by atoms with Gasteiger partial charge in [0.05, 0.1) is 0 Å². The van der Waals surface area contributed by atoms with Gasteiger partial charge in [-0.15, -0.1) is 0 Å². The highest BCUT2D eigenvalue weighted by atomic mass is 14.0. The molecule has 0 N–H and O–H groups in total. The summed E-state index contributed by atoms with van der Waals surface area (Å²) in [4.78, 5) is 0. The van der Waals surface area contributed by atoms with Crippen LogP contribution in [0.15, 0.2) is 91.0 Å². The molecule has 0 atom stereocenters. The van der Waals surface area contributed by atoms with Crippen LogP contribution in [-0.4, -0.2) is 0 Å². The third kappa shape index (κ3) is 20.4. The van der Waals surface area contributed by atoms with Crippen LogP contribution < -0.4 is 0 Å². The van der Waals surface area contributed by atoms with Crippen LogP contribution in [0.2, 0.25) is 0 Å². The van der Waals surface area contributed by atoms with E-state index in [2.05, 4.69) is 106 Å². The lowest BCUT2D eigenvalue weighted by Crippen LogP contribution is -1.85. The molecule has 3 aromatic carbocycles. The summed E-state index contributed by atoms with van der Waals surface area (Å²) in [6, 6.07) is 31.5. The Morgan fingerprint density at radius 3 is 0.867 bits per heavy atom. The Balaban J connectivity index is -0.000000173. The van der Waals surface area contributed by atoms with Crippen molar-refractivity contribution < 1.29 is 0 Å². The second-order valence-corrected chi connectivity index (χ2v) is 5.69. The quantitative estimate of drug-likeness (QED) is 0.403. The van der Waals surface area contributed by atoms with Crippen molar-refractivity contribution in [2.24, 2.45) is 0 Å². The highest BCUT2D eigenvalue weighted by molar-refractivity contribution is 5.25. The van der Waals surface area contributed by atoms with Gasteiger partial charge < -0.3 is 0 Å². The molecule has 0 aromatic heterocycles. The molecule has 0 heteroatoms. The molecular formula is C30H50. The van der Waals surface area contributed by atoms with E-state index in [1.165, 1.54) is 23.1 Å². The third-order valence-corrected chi connectivity index (χ3v) is 3.34. The summed E-state index contributed by atoms with van der Waals surface area (Å²) in [5, 5.41) is 0. The van der Waals surface area contributed by atoms with Crippen LogP contribution in [0.3, 0.4) is 0 Å². The van der Waals surface area contributed by atoms with Crippen LogP contribution in [0.5, 0.6) is 0 Å².